The maximum Gasteiger partial charge on any atom is 0.133 e. The van der Waals surface area contributed by atoms with Crippen molar-refractivity contribution in [3.63, 3.8) is 0 Å². The standard InChI is InChI=1S/C5H5NO.CH4O.Mn/c7-5-2-1-3-6-4-5;1-2;/h1-4,7H;2H,1H3;. The molecule has 0 saturated carbocycles. The first-order valence-electron chi connectivity index (χ1n) is 2.43. The minimum atomic E-state index is 0. The summed E-state index contributed by atoms with van der Waals surface area (Å²) in [7, 11) is 1.00. The summed E-state index contributed by atoms with van der Waals surface area (Å²) < 4.78 is 0. The van der Waals surface area contributed by atoms with Crippen LogP contribution in [0.2, 0.25) is 0 Å². The molecule has 1 heterocycles. The second-order valence-electron chi connectivity index (χ2n) is 1.21. The fourth-order valence-electron chi connectivity index (χ4n) is 0.354. The Kier molecular flexibility index (Phi) is 10.2. The molecule has 1 radical (unpaired) electrons. The molecule has 0 aromatic carbocycles. The van der Waals surface area contributed by atoms with Gasteiger partial charge < -0.3 is 10.2 Å². The van der Waals surface area contributed by atoms with Crippen molar-refractivity contribution < 1.29 is 27.3 Å². The van der Waals surface area contributed by atoms with Crippen LogP contribution in [0.3, 0.4) is 0 Å². The van der Waals surface area contributed by atoms with E-state index in [0.29, 0.717) is 0 Å². The number of pyridine rings is 1. The molecular weight excluding hydrogens is 173 g/mol. The van der Waals surface area contributed by atoms with Gasteiger partial charge >= 0.3 is 0 Å². The molecular formula is C6H9MnNO2. The summed E-state index contributed by atoms with van der Waals surface area (Å²) in [6.07, 6.45) is 3.00. The Hall–Kier alpha value is -0.571. The first kappa shape index (κ1) is 12.1. The smallest absolute Gasteiger partial charge is 0.133 e. The van der Waals surface area contributed by atoms with Crippen LogP contribution >= 0.6 is 0 Å². The second kappa shape index (κ2) is 8.43. The van der Waals surface area contributed by atoms with Crippen molar-refractivity contribution in [3.05, 3.63) is 24.5 Å². The Morgan fingerprint density at radius 2 is 2.00 bits per heavy atom. The number of nitrogens with zero attached hydrogens (tertiary/aromatic N) is 1. The Bertz CT molecular complexity index is 146. The maximum absolute atomic E-state index is 8.57. The van der Waals surface area contributed by atoms with E-state index in [1.165, 1.54) is 6.20 Å². The third-order valence-corrected chi connectivity index (χ3v) is 0.646. The molecule has 0 fully saturated rings. The Labute approximate surface area is 70.2 Å². The van der Waals surface area contributed by atoms with Gasteiger partial charge in [-0.05, 0) is 12.1 Å². The van der Waals surface area contributed by atoms with E-state index >= 15 is 0 Å². The van der Waals surface area contributed by atoms with Crippen molar-refractivity contribution in [1.82, 2.24) is 4.98 Å². The van der Waals surface area contributed by atoms with Gasteiger partial charge in [0.2, 0.25) is 0 Å². The second-order valence-corrected chi connectivity index (χ2v) is 1.21. The normalized spacial score (nSPS) is 6.60. The zero-order valence-electron chi connectivity index (χ0n) is 5.53. The molecule has 3 nitrogen and oxygen atoms in total. The van der Waals surface area contributed by atoms with E-state index in [9.17, 15) is 0 Å². The van der Waals surface area contributed by atoms with E-state index in [2.05, 4.69) is 4.98 Å². The van der Waals surface area contributed by atoms with Gasteiger partial charge in [0.15, 0.2) is 0 Å². The molecule has 0 unspecified atom stereocenters. The van der Waals surface area contributed by atoms with Crippen LogP contribution in [0.25, 0.3) is 0 Å². The van der Waals surface area contributed by atoms with Gasteiger partial charge in [0.1, 0.15) is 5.75 Å². The molecule has 1 rings (SSSR count). The zero-order valence-corrected chi connectivity index (χ0v) is 6.71. The van der Waals surface area contributed by atoms with Gasteiger partial charge in [-0.3, -0.25) is 4.98 Å². The van der Waals surface area contributed by atoms with Gasteiger partial charge in [-0.15, -0.1) is 0 Å². The predicted octanol–water partition coefficient (Wildman–Crippen LogP) is 0.393. The Balaban J connectivity index is 0. The summed E-state index contributed by atoms with van der Waals surface area (Å²) >= 11 is 0. The van der Waals surface area contributed by atoms with E-state index in [1.54, 1.807) is 18.3 Å². The molecule has 0 saturated heterocycles. The van der Waals surface area contributed by atoms with Crippen LogP contribution in [0, 0.1) is 0 Å². The van der Waals surface area contributed by atoms with Gasteiger partial charge in [-0.25, -0.2) is 0 Å². The number of hydrogen-bond acceptors (Lipinski definition) is 3. The summed E-state index contributed by atoms with van der Waals surface area (Å²) in [4.78, 5) is 3.63. The fourth-order valence-corrected chi connectivity index (χ4v) is 0.354. The van der Waals surface area contributed by atoms with Crippen molar-refractivity contribution in [2.45, 2.75) is 0 Å². The maximum atomic E-state index is 8.57. The summed E-state index contributed by atoms with van der Waals surface area (Å²) in [5, 5.41) is 15.6. The van der Waals surface area contributed by atoms with Gasteiger partial charge in [0, 0.05) is 30.4 Å². The van der Waals surface area contributed by atoms with Crippen LogP contribution in [-0.4, -0.2) is 22.3 Å². The molecule has 1 aromatic rings. The van der Waals surface area contributed by atoms with E-state index in [4.69, 9.17) is 10.2 Å². The van der Waals surface area contributed by atoms with Crippen molar-refractivity contribution in [3.8, 4) is 5.75 Å². The molecule has 0 aliphatic rings. The molecule has 1 aromatic heterocycles. The van der Waals surface area contributed by atoms with Crippen molar-refractivity contribution >= 4 is 0 Å². The van der Waals surface area contributed by atoms with E-state index in [0.717, 1.165) is 7.11 Å². The first-order valence-corrected chi connectivity index (χ1v) is 2.43. The van der Waals surface area contributed by atoms with Gasteiger partial charge in [-0.2, -0.15) is 0 Å². The molecule has 4 heteroatoms. The Morgan fingerprint density at radius 1 is 1.40 bits per heavy atom. The third kappa shape index (κ3) is 5.56. The summed E-state index contributed by atoms with van der Waals surface area (Å²) in [5.41, 5.74) is 0. The number of aliphatic hydroxyl groups excluding tert-OH is 1. The van der Waals surface area contributed by atoms with Gasteiger partial charge in [0.05, 0.1) is 6.20 Å². The molecule has 0 spiro atoms. The molecule has 0 aliphatic heterocycles. The molecule has 0 bridgehead atoms. The molecule has 0 amide bonds. The van der Waals surface area contributed by atoms with E-state index < -0.39 is 0 Å². The Morgan fingerprint density at radius 3 is 2.20 bits per heavy atom. The van der Waals surface area contributed by atoms with Gasteiger partial charge in [0.25, 0.3) is 0 Å². The summed E-state index contributed by atoms with van der Waals surface area (Å²) in [5.74, 6) is 0.211. The number of aliphatic hydroxyl groups is 1. The number of aromatic nitrogens is 1. The summed E-state index contributed by atoms with van der Waals surface area (Å²) in [6, 6.07) is 3.25. The van der Waals surface area contributed by atoms with Crippen LogP contribution in [0.4, 0.5) is 0 Å². The van der Waals surface area contributed by atoms with E-state index in [-0.39, 0.29) is 22.8 Å². The minimum absolute atomic E-state index is 0. The third-order valence-electron chi connectivity index (χ3n) is 0.646. The number of rotatable bonds is 0. The molecule has 10 heavy (non-hydrogen) atoms. The van der Waals surface area contributed by atoms with Crippen LogP contribution in [-0.2, 0) is 17.1 Å². The first-order chi connectivity index (χ1) is 4.39. The largest absolute Gasteiger partial charge is 0.506 e. The average Bonchev–Trinajstić information content (AvgIpc) is 1.94. The monoisotopic (exact) mass is 182 g/mol. The van der Waals surface area contributed by atoms with Crippen molar-refractivity contribution in [1.29, 1.82) is 0 Å². The average molecular weight is 182 g/mol. The fraction of sp³-hybridized carbons (Fsp3) is 0.167. The summed E-state index contributed by atoms with van der Waals surface area (Å²) in [6.45, 7) is 0. The number of aromatic hydroxyl groups is 1. The van der Waals surface area contributed by atoms with Crippen LogP contribution in [0.5, 0.6) is 5.75 Å². The topological polar surface area (TPSA) is 53.4 Å². The molecule has 0 atom stereocenters. The zero-order chi connectivity index (χ0) is 7.11. The SMILES string of the molecule is CO.Oc1cccnc1.[Mn]. The van der Waals surface area contributed by atoms with Crippen LogP contribution in [0.15, 0.2) is 24.5 Å². The van der Waals surface area contributed by atoms with Crippen LogP contribution in [0.1, 0.15) is 0 Å². The van der Waals surface area contributed by atoms with E-state index in [1.807, 2.05) is 0 Å². The van der Waals surface area contributed by atoms with Crippen LogP contribution < -0.4 is 0 Å². The van der Waals surface area contributed by atoms with Crippen molar-refractivity contribution in [2.24, 2.45) is 0 Å². The predicted molar refractivity (Wildman–Crippen MR) is 34.0 cm³/mol. The molecule has 57 valence electrons. The minimum Gasteiger partial charge on any atom is -0.506 e. The molecule has 0 aliphatic carbocycles. The molecule has 2 N–H and O–H groups in total. The van der Waals surface area contributed by atoms with Crippen molar-refractivity contribution in [2.75, 3.05) is 7.11 Å². The number of hydrogen-bond donors (Lipinski definition) is 2. The van der Waals surface area contributed by atoms with Gasteiger partial charge in [-0.1, -0.05) is 0 Å². The quantitative estimate of drug-likeness (QED) is 0.571.